The molecule has 1 atom stereocenters. The maximum Gasteiger partial charge on any atom is 0.313 e. The van der Waals surface area contributed by atoms with E-state index < -0.39 is 12.0 Å². The predicted molar refractivity (Wildman–Crippen MR) is 110 cm³/mol. The number of ether oxygens (including phenoxy) is 1. The molecule has 0 heterocycles. The maximum atomic E-state index is 12.6. The number of rotatable bonds is 7. The van der Waals surface area contributed by atoms with Crippen molar-refractivity contribution in [2.24, 2.45) is 0 Å². The summed E-state index contributed by atoms with van der Waals surface area (Å²) in [5.74, 6) is -0.460. The van der Waals surface area contributed by atoms with Crippen LogP contribution in [0.5, 0.6) is 5.75 Å². The first-order valence-corrected chi connectivity index (χ1v) is 9.25. The van der Waals surface area contributed by atoms with Crippen molar-refractivity contribution in [2.45, 2.75) is 19.4 Å². The van der Waals surface area contributed by atoms with E-state index >= 15 is 0 Å². The van der Waals surface area contributed by atoms with Crippen LogP contribution in [0.4, 0.5) is 0 Å². The Morgan fingerprint density at radius 1 is 0.793 bits per heavy atom. The van der Waals surface area contributed by atoms with E-state index in [2.05, 4.69) is 5.32 Å². The van der Waals surface area contributed by atoms with E-state index in [1.807, 2.05) is 36.4 Å². The highest BCUT2D eigenvalue weighted by molar-refractivity contribution is 5.95. The smallest absolute Gasteiger partial charge is 0.313 e. The molecule has 0 aliphatic rings. The van der Waals surface area contributed by atoms with Gasteiger partial charge in [0.05, 0.1) is 12.5 Å². The van der Waals surface area contributed by atoms with Crippen molar-refractivity contribution in [1.82, 2.24) is 5.32 Å². The molecule has 0 unspecified atom stereocenters. The van der Waals surface area contributed by atoms with Crippen molar-refractivity contribution in [1.29, 1.82) is 0 Å². The minimum absolute atomic E-state index is 0.0307. The molecule has 3 rings (SSSR count). The van der Waals surface area contributed by atoms with Gasteiger partial charge in [0.25, 0.3) is 5.91 Å². The lowest BCUT2D eigenvalue weighted by molar-refractivity contribution is -0.134. The molecule has 0 saturated carbocycles. The van der Waals surface area contributed by atoms with E-state index in [0.29, 0.717) is 16.9 Å². The Hall–Kier alpha value is -3.73. The Kier molecular flexibility index (Phi) is 6.53. The van der Waals surface area contributed by atoms with Gasteiger partial charge < -0.3 is 10.1 Å². The predicted octanol–water partition coefficient (Wildman–Crippen LogP) is 4.36. The molecule has 0 aliphatic heterocycles. The third-order valence-corrected chi connectivity index (χ3v) is 4.41. The second kappa shape index (κ2) is 9.46. The summed E-state index contributed by atoms with van der Waals surface area (Å²) in [7, 11) is 0. The Labute approximate surface area is 169 Å². The molecule has 0 radical (unpaired) electrons. The van der Waals surface area contributed by atoms with Crippen LogP contribution in [0.3, 0.4) is 0 Å². The number of hydrogen-bond acceptors (Lipinski definition) is 4. The molecule has 5 heteroatoms. The standard InChI is InChI=1S/C24H21NO4/c1-17(26)18-12-14-21(15-13-18)29-23(27)16-22(19-8-4-2-5-9-19)25-24(28)20-10-6-3-7-11-20/h2-15,22H,16H2,1H3,(H,25,28)/t22-/m0/s1. The first kappa shape index (κ1) is 20.0. The third-order valence-electron chi connectivity index (χ3n) is 4.41. The van der Waals surface area contributed by atoms with E-state index in [4.69, 9.17) is 4.74 Å². The number of carbonyl (C=O) groups is 3. The highest BCUT2D eigenvalue weighted by atomic mass is 16.5. The van der Waals surface area contributed by atoms with Gasteiger partial charge in [0.1, 0.15) is 5.75 Å². The molecule has 0 aromatic heterocycles. The highest BCUT2D eigenvalue weighted by Crippen LogP contribution is 2.20. The monoisotopic (exact) mass is 387 g/mol. The van der Waals surface area contributed by atoms with Gasteiger partial charge in [-0.1, -0.05) is 48.5 Å². The molecule has 0 bridgehead atoms. The van der Waals surface area contributed by atoms with Crippen LogP contribution < -0.4 is 10.1 Å². The van der Waals surface area contributed by atoms with Gasteiger partial charge in [-0.2, -0.15) is 0 Å². The second-order valence-corrected chi connectivity index (χ2v) is 6.56. The minimum atomic E-state index is -0.534. The van der Waals surface area contributed by atoms with E-state index in [9.17, 15) is 14.4 Å². The molecule has 0 fully saturated rings. The SMILES string of the molecule is CC(=O)c1ccc(OC(=O)C[C@H](NC(=O)c2ccccc2)c2ccccc2)cc1. The van der Waals surface area contributed by atoms with Crippen LogP contribution >= 0.6 is 0 Å². The summed E-state index contributed by atoms with van der Waals surface area (Å²) in [6, 6.07) is 23.9. The lowest BCUT2D eigenvalue weighted by atomic mass is 10.0. The Morgan fingerprint density at radius 2 is 1.38 bits per heavy atom. The van der Waals surface area contributed by atoms with E-state index in [-0.39, 0.29) is 18.1 Å². The van der Waals surface area contributed by atoms with Crippen molar-refractivity contribution in [3.8, 4) is 5.75 Å². The molecule has 0 aliphatic carbocycles. The zero-order valence-electron chi connectivity index (χ0n) is 16.0. The Morgan fingerprint density at radius 3 is 1.97 bits per heavy atom. The Bertz CT molecular complexity index is 982. The molecule has 1 amide bonds. The summed E-state index contributed by atoms with van der Waals surface area (Å²) < 4.78 is 5.39. The van der Waals surface area contributed by atoms with Gasteiger partial charge in [-0.05, 0) is 48.9 Å². The topological polar surface area (TPSA) is 72.5 Å². The van der Waals surface area contributed by atoms with E-state index in [1.54, 1.807) is 48.5 Å². The number of amides is 1. The van der Waals surface area contributed by atoms with Gasteiger partial charge in [0.15, 0.2) is 5.78 Å². The van der Waals surface area contributed by atoms with Gasteiger partial charge >= 0.3 is 5.97 Å². The summed E-state index contributed by atoms with van der Waals surface area (Å²) >= 11 is 0. The average molecular weight is 387 g/mol. The summed E-state index contributed by atoms with van der Waals surface area (Å²) in [4.78, 5) is 36.4. The second-order valence-electron chi connectivity index (χ2n) is 6.56. The molecule has 0 spiro atoms. The summed E-state index contributed by atoms with van der Waals surface area (Å²) in [5, 5.41) is 2.91. The molecule has 1 N–H and O–H groups in total. The average Bonchev–Trinajstić information content (AvgIpc) is 2.75. The lowest BCUT2D eigenvalue weighted by Crippen LogP contribution is -2.31. The van der Waals surface area contributed by atoms with Crippen LogP contribution in [-0.2, 0) is 4.79 Å². The number of nitrogens with one attached hydrogen (secondary N) is 1. The van der Waals surface area contributed by atoms with Gasteiger partial charge in [0.2, 0.25) is 0 Å². The quantitative estimate of drug-likeness (QED) is 0.371. The fourth-order valence-corrected chi connectivity index (χ4v) is 2.87. The molecule has 0 saturated heterocycles. The van der Waals surface area contributed by atoms with Gasteiger partial charge in [0, 0.05) is 11.1 Å². The number of esters is 1. The van der Waals surface area contributed by atoms with Crippen molar-refractivity contribution >= 4 is 17.7 Å². The molecule has 5 nitrogen and oxygen atoms in total. The van der Waals surface area contributed by atoms with E-state index in [0.717, 1.165) is 5.56 Å². The van der Waals surface area contributed by atoms with Gasteiger partial charge in [-0.25, -0.2) is 0 Å². The highest BCUT2D eigenvalue weighted by Gasteiger charge is 2.20. The fourth-order valence-electron chi connectivity index (χ4n) is 2.87. The lowest BCUT2D eigenvalue weighted by Gasteiger charge is -2.19. The molecule has 3 aromatic rings. The first-order chi connectivity index (χ1) is 14.0. The summed E-state index contributed by atoms with van der Waals surface area (Å²) in [5.41, 5.74) is 1.87. The van der Waals surface area contributed by atoms with Crippen LogP contribution in [-0.4, -0.2) is 17.7 Å². The maximum absolute atomic E-state index is 12.6. The van der Waals surface area contributed by atoms with Crippen molar-refractivity contribution < 1.29 is 19.1 Å². The molecular weight excluding hydrogens is 366 g/mol. The van der Waals surface area contributed by atoms with Crippen LogP contribution in [0.15, 0.2) is 84.9 Å². The van der Waals surface area contributed by atoms with E-state index in [1.165, 1.54) is 6.92 Å². The van der Waals surface area contributed by atoms with Crippen LogP contribution in [0.2, 0.25) is 0 Å². The largest absolute Gasteiger partial charge is 0.426 e. The molecule has 146 valence electrons. The normalized spacial score (nSPS) is 11.3. The zero-order valence-corrected chi connectivity index (χ0v) is 16.0. The van der Waals surface area contributed by atoms with Crippen molar-refractivity contribution in [2.75, 3.05) is 0 Å². The first-order valence-electron chi connectivity index (χ1n) is 9.25. The van der Waals surface area contributed by atoms with Crippen LogP contribution in [0.25, 0.3) is 0 Å². The zero-order chi connectivity index (χ0) is 20.6. The number of benzene rings is 3. The van der Waals surface area contributed by atoms with Gasteiger partial charge in [-0.15, -0.1) is 0 Å². The number of carbonyl (C=O) groups excluding carboxylic acids is 3. The van der Waals surface area contributed by atoms with Crippen molar-refractivity contribution in [3.05, 3.63) is 102 Å². The molecule has 29 heavy (non-hydrogen) atoms. The van der Waals surface area contributed by atoms with Gasteiger partial charge in [-0.3, -0.25) is 14.4 Å². The minimum Gasteiger partial charge on any atom is -0.426 e. The fraction of sp³-hybridized carbons (Fsp3) is 0.125. The Balaban J connectivity index is 1.71. The van der Waals surface area contributed by atoms with Crippen LogP contribution in [0, 0.1) is 0 Å². The molecular formula is C24H21NO4. The number of Topliss-reactive ketones (excluding diaryl/α,β-unsaturated/α-hetero) is 1. The summed E-state index contributed by atoms with van der Waals surface area (Å²) in [6.07, 6.45) is -0.0307. The number of hydrogen-bond donors (Lipinski definition) is 1. The summed E-state index contributed by atoms with van der Waals surface area (Å²) in [6.45, 7) is 1.47. The number of ketones is 1. The third kappa shape index (κ3) is 5.62. The van der Waals surface area contributed by atoms with Crippen molar-refractivity contribution in [3.63, 3.8) is 0 Å². The van der Waals surface area contributed by atoms with Crippen LogP contribution in [0.1, 0.15) is 45.7 Å². The molecule has 3 aromatic carbocycles.